The van der Waals surface area contributed by atoms with Crippen LogP contribution in [0.2, 0.25) is 0 Å². The summed E-state index contributed by atoms with van der Waals surface area (Å²) in [5.41, 5.74) is 5.03. The molecule has 2 nitrogen and oxygen atoms in total. The molecule has 1 atom stereocenters. The standard InChI is InChI=1S/C18H29FN2/c1-12-5-10-16(19)15(11-12)17(21-20)13-6-8-14(9-7-13)18(2,3)4/h5,10-11,13-14,17,21H,6-9,20H2,1-4H3. The summed E-state index contributed by atoms with van der Waals surface area (Å²) in [6.45, 7) is 8.94. The van der Waals surface area contributed by atoms with Crippen LogP contribution in [0.3, 0.4) is 0 Å². The van der Waals surface area contributed by atoms with E-state index < -0.39 is 0 Å². The molecule has 1 aromatic rings. The summed E-state index contributed by atoms with van der Waals surface area (Å²) < 4.78 is 14.1. The summed E-state index contributed by atoms with van der Waals surface area (Å²) in [4.78, 5) is 0. The van der Waals surface area contributed by atoms with Gasteiger partial charge in [0.15, 0.2) is 0 Å². The number of rotatable bonds is 3. The second-order valence-corrected chi connectivity index (χ2v) is 7.65. The van der Waals surface area contributed by atoms with E-state index in [1.807, 2.05) is 19.1 Å². The molecule has 3 heteroatoms. The molecule has 0 spiro atoms. The normalized spacial score (nSPS) is 24.9. The molecule has 0 amide bonds. The molecule has 2 rings (SSSR count). The van der Waals surface area contributed by atoms with Crippen molar-refractivity contribution in [3.05, 3.63) is 35.1 Å². The molecule has 1 unspecified atom stereocenters. The Morgan fingerprint density at radius 2 is 1.81 bits per heavy atom. The fraction of sp³-hybridized carbons (Fsp3) is 0.667. The molecule has 1 aliphatic carbocycles. The van der Waals surface area contributed by atoms with Gasteiger partial charge in [-0.15, -0.1) is 0 Å². The highest BCUT2D eigenvalue weighted by atomic mass is 19.1. The fourth-order valence-corrected chi connectivity index (χ4v) is 3.70. The fourth-order valence-electron chi connectivity index (χ4n) is 3.70. The van der Waals surface area contributed by atoms with Gasteiger partial charge in [0, 0.05) is 5.56 Å². The highest BCUT2D eigenvalue weighted by Crippen LogP contribution is 2.43. The molecule has 1 aromatic carbocycles. The first kappa shape index (κ1) is 16.4. The maximum absolute atomic E-state index is 14.1. The summed E-state index contributed by atoms with van der Waals surface area (Å²) in [6, 6.07) is 5.21. The van der Waals surface area contributed by atoms with Gasteiger partial charge in [-0.3, -0.25) is 11.3 Å². The van der Waals surface area contributed by atoms with Crippen LogP contribution < -0.4 is 11.3 Å². The number of hydrazine groups is 1. The molecule has 1 fully saturated rings. The Morgan fingerprint density at radius 3 is 2.33 bits per heavy atom. The Bertz CT molecular complexity index is 471. The van der Waals surface area contributed by atoms with E-state index in [2.05, 4.69) is 26.2 Å². The largest absolute Gasteiger partial charge is 0.271 e. The first-order valence-corrected chi connectivity index (χ1v) is 8.05. The van der Waals surface area contributed by atoms with Gasteiger partial charge in [-0.05, 0) is 55.9 Å². The highest BCUT2D eigenvalue weighted by molar-refractivity contribution is 5.27. The summed E-state index contributed by atoms with van der Waals surface area (Å²) in [5.74, 6) is 6.79. The topological polar surface area (TPSA) is 38.0 Å². The second-order valence-electron chi connectivity index (χ2n) is 7.65. The third-order valence-electron chi connectivity index (χ3n) is 5.13. The van der Waals surface area contributed by atoms with Gasteiger partial charge in [-0.1, -0.05) is 38.5 Å². The Hall–Kier alpha value is -0.930. The van der Waals surface area contributed by atoms with Gasteiger partial charge in [0.05, 0.1) is 6.04 Å². The van der Waals surface area contributed by atoms with Crippen molar-refractivity contribution in [2.75, 3.05) is 0 Å². The number of aryl methyl sites for hydroxylation is 1. The van der Waals surface area contributed by atoms with E-state index in [1.165, 1.54) is 12.8 Å². The van der Waals surface area contributed by atoms with Crippen LogP contribution in [0.5, 0.6) is 0 Å². The monoisotopic (exact) mass is 292 g/mol. The number of nitrogens with two attached hydrogens (primary N) is 1. The number of nitrogens with one attached hydrogen (secondary N) is 1. The van der Waals surface area contributed by atoms with E-state index in [0.717, 1.165) is 29.9 Å². The molecule has 3 N–H and O–H groups in total. The van der Waals surface area contributed by atoms with Crippen LogP contribution in [0.25, 0.3) is 0 Å². The maximum Gasteiger partial charge on any atom is 0.128 e. The SMILES string of the molecule is Cc1ccc(F)c(C(NN)C2CCC(C(C)(C)C)CC2)c1. The Kier molecular flexibility index (Phi) is 5.05. The van der Waals surface area contributed by atoms with E-state index in [9.17, 15) is 4.39 Å². The van der Waals surface area contributed by atoms with Crippen LogP contribution in [0.15, 0.2) is 18.2 Å². The van der Waals surface area contributed by atoms with E-state index in [0.29, 0.717) is 11.3 Å². The lowest BCUT2D eigenvalue weighted by Gasteiger charge is -2.39. The van der Waals surface area contributed by atoms with Crippen molar-refractivity contribution in [3.8, 4) is 0 Å². The van der Waals surface area contributed by atoms with Crippen LogP contribution in [0.1, 0.15) is 63.6 Å². The van der Waals surface area contributed by atoms with Gasteiger partial charge in [0.2, 0.25) is 0 Å². The lowest BCUT2D eigenvalue weighted by atomic mass is 9.68. The van der Waals surface area contributed by atoms with Gasteiger partial charge >= 0.3 is 0 Å². The minimum atomic E-state index is -0.151. The van der Waals surface area contributed by atoms with Crippen LogP contribution in [-0.2, 0) is 0 Å². The predicted octanol–water partition coefficient (Wildman–Crippen LogP) is 4.49. The highest BCUT2D eigenvalue weighted by Gasteiger charge is 2.33. The van der Waals surface area contributed by atoms with Crippen LogP contribution >= 0.6 is 0 Å². The number of hydrogen-bond acceptors (Lipinski definition) is 2. The number of halogens is 1. The van der Waals surface area contributed by atoms with E-state index in [-0.39, 0.29) is 11.9 Å². The maximum atomic E-state index is 14.1. The molecule has 0 aromatic heterocycles. The van der Waals surface area contributed by atoms with Crippen LogP contribution in [0, 0.1) is 30.0 Å². The van der Waals surface area contributed by atoms with Gasteiger partial charge in [-0.2, -0.15) is 0 Å². The van der Waals surface area contributed by atoms with Crippen molar-refractivity contribution in [2.24, 2.45) is 23.1 Å². The molecule has 0 heterocycles. The van der Waals surface area contributed by atoms with Gasteiger partial charge in [-0.25, -0.2) is 4.39 Å². The molecule has 118 valence electrons. The Balaban J connectivity index is 2.11. The molecular weight excluding hydrogens is 263 g/mol. The lowest BCUT2D eigenvalue weighted by molar-refractivity contribution is 0.132. The van der Waals surface area contributed by atoms with Crippen molar-refractivity contribution < 1.29 is 4.39 Å². The second kappa shape index (κ2) is 6.45. The molecule has 0 radical (unpaired) electrons. The molecule has 0 aliphatic heterocycles. The lowest BCUT2D eigenvalue weighted by Crippen LogP contribution is -2.37. The summed E-state index contributed by atoms with van der Waals surface area (Å²) in [7, 11) is 0. The molecule has 1 aliphatic rings. The van der Waals surface area contributed by atoms with Crippen molar-refractivity contribution in [3.63, 3.8) is 0 Å². The average Bonchev–Trinajstić information content (AvgIpc) is 2.43. The number of benzene rings is 1. The first-order valence-electron chi connectivity index (χ1n) is 8.05. The average molecular weight is 292 g/mol. The van der Waals surface area contributed by atoms with Gasteiger partial charge in [0.1, 0.15) is 5.82 Å². The van der Waals surface area contributed by atoms with Crippen molar-refractivity contribution in [1.82, 2.24) is 5.43 Å². The molecular formula is C18H29FN2. The summed E-state index contributed by atoms with van der Waals surface area (Å²) in [6.07, 6.45) is 4.65. The Morgan fingerprint density at radius 1 is 1.19 bits per heavy atom. The minimum absolute atomic E-state index is 0.0779. The van der Waals surface area contributed by atoms with Crippen molar-refractivity contribution in [1.29, 1.82) is 0 Å². The predicted molar refractivity (Wildman–Crippen MR) is 86.1 cm³/mol. The Labute approximate surface area is 128 Å². The molecule has 0 bridgehead atoms. The first-order chi connectivity index (χ1) is 9.82. The third kappa shape index (κ3) is 3.83. The van der Waals surface area contributed by atoms with Gasteiger partial charge in [0.25, 0.3) is 0 Å². The van der Waals surface area contributed by atoms with Crippen molar-refractivity contribution in [2.45, 2.75) is 59.4 Å². The van der Waals surface area contributed by atoms with E-state index in [1.54, 1.807) is 6.07 Å². The zero-order valence-electron chi connectivity index (χ0n) is 13.7. The van der Waals surface area contributed by atoms with E-state index >= 15 is 0 Å². The van der Waals surface area contributed by atoms with Crippen LogP contribution in [0.4, 0.5) is 4.39 Å². The summed E-state index contributed by atoms with van der Waals surface area (Å²) >= 11 is 0. The molecule has 1 saturated carbocycles. The molecule has 21 heavy (non-hydrogen) atoms. The molecule has 0 saturated heterocycles. The number of hydrogen-bond donors (Lipinski definition) is 2. The zero-order valence-corrected chi connectivity index (χ0v) is 13.7. The third-order valence-corrected chi connectivity index (χ3v) is 5.13. The zero-order chi connectivity index (χ0) is 15.6. The minimum Gasteiger partial charge on any atom is -0.271 e. The van der Waals surface area contributed by atoms with Crippen molar-refractivity contribution >= 4 is 0 Å². The quantitative estimate of drug-likeness (QED) is 0.636. The van der Waals surface area contributed by atoms with E-state index in [4.69, 9.17) is 5.84 Å². The van der Waals surface area contributed by atoms with Gasteiger partial charge < -0.3 is 0 Å². The van der Waals surface area contributed by atoms with Crippen LogP contribution in [-0.4, -0.2) is 0 Å². The summed E-state index contributed by atoms with van der Waals surface area (Å²) in [5, 5.41) is 0. The smallest absolute Gasteiger partial charge is 0.128 e.